The molecule has 0 fully saturated rings. The molecule has 3 heteroatoms. The van der Waals surface area contributed by atoms with Gasteiger partial charge in [-0.15, -0.1) is 0 Å². The van der Waals surface area contributed by atoms with E-state index in [2.05, 4.69) is 37.2 Å². The number of nitrogens with zero attached hydrogens (tertiary/aromatic N) is 1. The van der Waals surface area contributed by atoms with E-state index in [0.717, 1.165) is 29.2 Å². The van der Waals surface area contributed by atoms with E-state index in [1.807, 2.05) is 36.4 Å². The minimum absolute atomic E-state index is 0.818. The number of ether oxygens (including phenoxy) is 2. The van der Waals surface area contributed by atoms with Crippen molar-refractivity contribution in [2.75, 3.05) is 34.9 Å². The highest BCUT2D eigenvalue weighted by molar-refractivity contribution is 5.86. The molecule has 2 aromatic carbocycles. The molecular formula is C19H23NO2. The van der Waals surface area contributed by atoms with Crippen molar-refractivity contribution in [1.82, 2.24) is 4.90 Å². The Hall–Kier alpha value is -2.26. The average molecular weight is 297 g/mol. The van der Waals surface area contributed by atoms with E-state index in [4.69, 9.17) is 9.47 Å². The van der Waals surface area contributed by atoms with Crippen LogP contribution >= 0.6 is 0 Å². The monoisotopic (exact) mass is 297 g/mol. The van der Waals surface area contributed by atoms with Gasteiger partial charge in [-0.2, -0.15) is 0 Å². The van der Waals surface area contributed by atoms with Crippen molar-refractivity contribution in [3.05, 3.63) is 59.7 Å². The normalized spacial score (nSPS) is 11.6. The number of benzene rings is 2. The van der Waals surface area contributed by atoms with Crippen LogP contribution in [-0.2, 0) is 0 Å². The molecule has 3 nitrogen and oxygen atoms in total. The molecule has 0 N–H and O–H groups in total. The van der Waals surface area contributed by atoms with Gasteiger partial charge in [0.1, 0.15) is 11.5 Å². The van der Waals surface area contributed by atoms with Crippen LogP contribution in [0.5, 0.6) is 11.5 Å². The molecule has 0 heterocycles. The molecule has 0 aliphatic heterocycles. The Bertz CT molecular complexity index is 647. The maximum atomic E-state index is 5.51. The lowest BCUT2D eigenvalue weighted by atomic mass is 10.0. The van der Waals surface area contributed by atoms with Crippen LogP contribution in [0.25, 0.3) is 11.6 Å². The zero-order valence-electron chi connectivity index (χ0n) is 13.7. The second-order valence-electron chi connectivity index (χ2n) is 5.35. The molecule has 2 aromatic rings. The van der Waals surface area contributed by atoms with Gasteiger partial charge in [-0.3, -0.25) is 0 Å². The third-order valence-electron chi connectivity index (χ3n) is 3.41. The van der Waals surface area contributed by atoms with Crippen LogP contribution < -0.4 is 9.47 Å². The number of para-hydroxylation sites is 2. The highest BCUT2D eigenvalue weighted by Gasteiger charge is 2.10. The summed E-state index contributed by atoms with van der Waals surface area (Å²) < 4.78 is 11.0. The second-order valence-corrected chi connectivity index (χ2v) is 5.35. The van der Waals surface area contributed by atoms with Crippen LogP contribution in [0, 0.1) is 0 Å². The van der Waals surface area contributed by atoms with Crippen LogP contribution in [0.3, 0.4) is 0 Å². The zero-order chi connectivity index (χ0) is 15.9. The molecule has 0 amide bonds. The molecule has 0 radical (unpaired) electrons. The van der Waals surface area contributed by atoms with Crippen LogP contribution in [-0.4, -0.2) is 39.8 Å². The smallest absolute Gasteiger partial charge is 0.126 e. The summed E-state index contributed by atoms with van der Waals surface area (Å²) >= 11 is 0. The molecular weight excluding hydrogens is 274 g/mol. The van der Waals surface area contributed by atoms with Crippen molar-refractivity contribution in [3.63, 3.8) is 0 Å². The Morgan fingerprint density at radius 2 is 1.50 bits per heavy atom. The number of hydrogen-bond donors (Lipinski definition) is 0. The van der Waals surface area contributed by atoms with Crippen molar-refractivity contribution in [2.24, 2.45) is 0 Å². The second kappa shape index (κ2) is 7.66. The van der Waals surface area contributed by atoms with Gasteiger partial charge in [0, 0.05) is 17.7 Å². The first kappa shape index (κ1) is 16.1. The largest absolute Gasteiger partial charge is 0.496 e. The molecule has 0 unspecified atom stereocenters. The lowest BCUT2D eigenvalue weighted by molar-refractivity contribution is 0.411. The van der Waals surface area contributed by atoms with Crippen LogP contribution in [0.15, 0.2) is 48.5 Å². The molecule has 2 rings (SSSR count). The summed E-state index contributed by atoms with van der Waals surface area (Å²) in [5, 5.41) is 0. The number of hydrogen-bond acceptors (Lipinski definition) is 3. The van der Waals surface area contributed by atoms with E-state index < -0.39 is 0 Å². The molecule has 0 spiro atoms. The van der Waals surface area contributed by atoms with Gasteiger partial charge in [0.2, 0.25) is 0 Å². The van der Waals surface area contributed by atoms with Crippen molar-refractivity contribution in [3.8, 4) is 11.5 Å². The Morgan fingerprint density at radius 1 is 0.909 bits per heavy atom. The Morgan fingerprint density at radius 3 is 2.14 bits per heavy atom. The summed E-state index contributed by atoms with van der Waals surface area (Å²) in [7, 11) is 7.52. The third kappa shape index (κ3) is 3.89. The summed E-state index contributed by atoms with van der Waals surface area (Å²) in [5.41, 5.74) is 3.35. The number of rotatable bonds is 6. The van der Waals surface area contributed by atoms with Crippen LogP contribution in [0.2, 0.25) is 0 Å². The average Bonchev–Trinajstić information content (AvgIpc) is 2.54. The molecule has 0 bridgehead atoms. The van der Waals surface area contributed by atoms with Crippen molar-refractivity contribution >= 4 is 11.6 Å². The molecule has 22 heavy (non-hydrogen) atoms. The lowest BCUT2D eigenvalue weighted by Gasteiger charge is -2.17. The summed E-state index contributed by atoms with van der Waals surface area (Å²) in [6.07, 6.45) is 2.16. The predicted molar refractivity (Wildman–Crippen MR) is 92.4 cm³/mol. The standard InChI is InChI=1S/C19H23NO2/c1-20(2)14-16(17-10-6-8-12-19(17)22-4)13-15-9-5-7-11-18(15)21-3/h5-13H,14H2,1-4H3/b16-13+. The van der Waals surface area contributed by atoms with Gasteiger partial charge in [0.15, 0.2) is 0 Å². The molecule has 0 aliphatic rings. The first-order valence-corrected chi connectivity index (χ1v) is 7.27. The van der Waals surface area contributed by atoms with Crippen molar-refractivity contribution in [1.29, 1.82) is 0 Å². The van der Waals surface area contributed by atoms with Gasteiger partial charge in [-0.05, 0) is 37.9 Å². The third-order valence-corrected chi connectivity index (χ3v) is 3.41. The fourth-order valence-electron chi connectivity index (χ4n) is 2.43. The molecule has 116 valence electrons. The minimum Gasteiger partial charge on any atom is -0.496 e. The maximum absolute atomic E-state index is 5.51. The van der Waals surface area contributed by atoms with Crippen LogP contribution in [0.4, 0.5) is 0 Å². The van der Waals surface area contributed by atoms with E-state index in [-0.39, 0.29) is 0 Å². The highest BCUT2D eigenvalue weighted by atomic mass is 16.5. The fraction of sp³-hybridized carbons (Fsp3) is 0.263. The van der Waals surface area contributed by atoms with Crippen molar-refractivity contribution < 1.29 is 9.47 Å². The van der Waals surface area contributed by atoms with Gasteiger partial charge in [0.25, 0.3) is 0 Å². The minimum atomic E-state index is 0.818. The highest BCUT2D eigenvalue weighted by Crippen LogP contribution is 2.30. The first-order chi connectivity index (χ1) is 10.7. The number of methoxy groups -OCH3 is 2. The van der Waals surface area contributed by atoms with Gasteiger partial charge >= 0.3 is 0 Å². The van der Waals surface area contributed by atoms with Gasteiger partial charge in [0.05, 0.1) is 14.2 Å². The topological polar surface area (TPSA) is 21.7 Å². The quantitative estimate of drug-likeness (QED) is 0.757. The van der Waals surface area contributed by atoms with Crippen LogP contribution in [0.1, 0.15) is 11.1 Å². The SMILES string of the molecule is COc1ccccc1/C=C(\CN(C)C)c1ccccc1OC. The zero-order valence-corrected chi connectivity index (χ0v) is 13.7. The van der Waals surface area contributed by atoms with E-state index in [0.29, 0.717) is 0 Å². The summed E-state index contributed by atoms with van der Waals surface area (Å²) in [6.45, 7) is 0.818. The molecule has 0 saturated carbocycles. The van der Waals surface area contributed by atoms with E-state index in [1.54, 1.807) is 14.2 Å². The number of likely N-dealkylation sites (N-methyl/N-ethyl adjacent to an activating group) is 1. The predicted octanol–water partition coefficient (Wildman–Crippen LogP) is 3.81. The molecule has 0 atom stereocenters. The summed E-state index contributed by atoms with van der Waals surface area (Å²) in [4.78, 5) is 2.15. The Labute approximate surface area is 132 Å². The van der Waals surface area contributed by atoms with E-state index in [1.165, 1.54) is 5.57 Å². The summed E-state index contributed by atoms with van der Waals surface area (Å²) in [5.74, 6) is 1.75. The van der Waals surface area contributed by atoms with E-state index in [9.17, 15) is 0 Å². The van der Waals surface area contributed by atoms with Gasteiger partial charge < -0.3 is 14.4 Å². The maximum Gasteiger partial charge on any atom is 0.126 e. The van der Waals surface area contributed by atoms with E-state index >= 15 is 0 Å². The van der Waals surface area contributed by atoms with Gasteiger partial charge in [-0.1, -0.05) is 36.4 Å². The molecule has 0 aromatic heterocycles. The summed E-state index contributed by atoms with van der Waals surface area (Å²) in [6, 6.07) is 16.1. The Balaban J connectivity index is 2.52. The lowest BCUT2D eigenvalue weighted by Crippen LogP contribution is -2.15. The Kier molecular flexibility index (Phi) is 5.61. The molecule has 0 saturated heterocycles. The fourth-order valence-corrected chi connectivity index (χ4v) is 2.43. The molecule has 0 aliphatic carbocycles. The van der Waals surface area contributed by atoms with Crippen molar-refractivity contribution in [2.45, 2.75) is 0 Å². The first-order valence-electron chi connectivity index (χ1n) is 7.27. The van der Waals surface area contributed by atoms with Gasteiger partial charge in [-0.25, -0.2) is 0 Å².